The van der Waals surface area contributed by atoms with Crippen LogP contribution in [0.3, 0.4) is 0 Å². The van der Waals surface area contributed by atoms with Crippen LogP contribution in [0.1, 0.15) is 48.9 Å². The molecule has 0 aliphatic rings. The highest BCUT2D eigenvalue weighted by Crippen LogP contribution is 2.44. The van der Waals surface area contributed by atoms with E-state index in [0.29, 0.717) is 26.6 Å². The third-order valence-corrected chi connectivity index (χ3v) is 12.2. The van der Waals surface area contributed by atoms with Crippen LogP contribution in [-0.2, 0) is 20.5 Å². The van der Waals surface area contributed by atoms with Gasteiger partial charge in [-0.25, -0.2) is 29.0 Å². The molecule has 0 spiro atoms. The summed E-state index contributed by atoms with van der Waals surface area (Å²) < 4.78 is 24.3. The number of anilines is 1. The number of benzene rings is 3. The summed E-state index contributed by atoms with van der Waals surface area (Å²) in [5.74, 6) is -1.06. The Bertz CT molecular complexity index is 2530. The van der Waals surface area contributed by atoms with E-state index in [1.54, 1.807) is 31.5 Å². The summed E-state index contributed by atoms with van der Waals surface area (Å²) in [6.45, 7) is 5.88. The minimum absolute atomic E-state index is 0.0711. The Balaban J connectivity index is 1.40. The summed E-state index contributed by atoms with van der Waals surface area (Å²) in [6.07, 6.45) is 3.23. The highest BCUT2D eigenvalue weighted by molar-refractivity contribution is 7.13. The van der Waals surface area contributed by atoms with E-state index in [-0.39, 0.29) is 30.4 Å². The van der Waals surface area contributed by atoms with Gasteiger partial charge in [0.15, 0.2) is 23.1 Å². The molecule has 9 nitrogen and oxygen atoms in total. The normalized spacial score (nSPS) is 12.4. The number of nitrogens with one attached hydrogen (secondary N) is 1. The lowest BCUT2D eigenvalue weighted by atomic mass is 9.77. The molecule has 0 radical (unpaired) electrons. The van der Waals surface area contributed by atoms with E-state index in [0.717, 1.165) is 21.7 Å². The predicted octanol–water partition coefficient (Wildman–Crippen LogP) is 10.4. The number of halogens is 2. The van der Waals surface area contributed by atoms with Gasteiger partial charge in [-0.2, -0.15) is 5.10 Å². The molecule has 0 bridgehead atoms. The summed E-state index contributed by atoms with van der Waals surface area (Å²) in [4.78, 5) is 32.9. The molecule has 5 heterocycles. The van der Waals surface area contributed by atoms with Crippen LogP contribution in [0.4, 0.5) is 10.2 Å². The van der Waals surface area contributed by atoms with Crippen LogP contribution in [0.5, 0.6) is 0 Å². The largest absolute Gasteiger partial charge is 0.466 e. The highest BCUT2D eigenvalue weighted by atomic mass is 35.5. The lowest BCUT2D eigenvalue weighted by Crippen LogP contribution is -2.42. The van der Waals surface area contributed by atoms with Crippen LogP contribution in [0.15, 0.2) is 132 Å². The number of hydrogen-bond acceptors (Lipinski definition) is 10. The zero-order valence-electron chi connectivity index (χ0n) is 31.3. The number of fused-ring (bicyclic) bond motifs is 1. The minimum Gasteiger partial charge on any atom is -0.466 e. The Kier molecular flexibility index (Phi) is 10.7. The molecule has 0 aliphatic heterocycles. The van der Waals surface area contributed by atoms with E-state index in [4.69, 9.17) is 36.4 Å². The molecule has 13 heteroatoms. The van der Waals surface area contributed by atoms with Gasteiger partial charge in [0.05, 0.1) is 28.3 Å². The van der Waals surface area contributed by atoms with Crippen molar-refractivity contribution in [2.24, 2.45) is 0 Å². The number of nitrogens with zero attached hydrogens (tertiary/aromatic N) is 6. The molecule has 0 amide bonds. The number of aromatic nitrogens is 6. The number of rotatable bonds is 13. The van der Waals surface area contributed by atoms with E-state index in [2.05, 4.69) is 46.7 Å². The topological polar surface area (TPSA) is 108 Å². The molecule has 5 aromatic heterocycles. The van der Waals surface area contributed by atoms with Crippen molar-refractivity contribution in [3.63, 3.8) is 0 Å². The number of hydrogen-bond donors (Lipinski definition) is 1. The van der Waals surface area contributed by atoms with Gasteiger partial charge in [-0.05, 0) is 41.1 Å². The Labute approximate surface area is 342 Å². The lowest BCUT2D eigenvalue weighted by Gasteiger charge is -2.36. The first-order chi connectivity index (χ1) is 27.7. The van der Waals surface area contributed by atoms with Gasteiger partial charge in [0.25, 0.3) is 0 Å². The van der Waals surface area contributed by atoms with Gasteiger partial charge < -0.3 is 10.1 Å². The first-order valence-electron chi connectivity index (χ1n) is 18.4. The minimum atomic E-state index is -1.04. The van der Waals surface area contributed by atoms with Crippen LogP contribution in [0.25, 0.3) is 33.1 Å². The molecule has 8 rings (SSSR count). The molecule has 286 valence electrons. The standard InChI is InChI=1S/C44H37ClFN7O2S2/c1-4-55-35(54)26-34(43(2,3)42-47-22-24-57-42)49-39-36(46)38(33-21-14-23-56-33)50-40(51-39)37-32-25-31(45)27-48-41(32)53(52-37)44(28-15-8-5-9-16-28,29-17-10-6-11-18-29)30-19-12-7-13-20-30/h5-25,27,34H,4,26H2,1-3H3,(H,49,50,51). The molecule has 1 atom stereocenters. The number of carbonyl (C=O) groups excluding carboxylic acids is 1. The third-order valence-electron chi connectivity index (χ3n) is 10.0. The van der Waals surface area contributed by atoms with Crippen molar-refractivity contribution < 1.29 is 13.9 Å². The number of thiazole rings is 1. The summed E-state index contributed by atoms with van der Waals surface area (Å²) in [7, 11) is 0. The number of pyridine rings is 1. The Morgan fingerprint density at radius 2 is 1.51 bits per heavy atom. The molecule has 1 unspecified atom stereocenters. The van der Waals surface area contributed by atoms with Gasteiger partial charge in [-0.15, -0.1) is 22.7 Å². The second-order valence-corrected chi connectivity index (χ2v) is 16.2. The van der Waals surface area contributed by atoms with Gasteiger partial charge >= 0.3 is 5.97 Å². The number of thiophene rings is 1. The highest BCUT2D eigenvalue weighted by Gasteiger charge is 2.42. The molecule has 3 aromatic carbocycles. The molecule has 0 fully saturated rings. The average molecular weight is 814 g/mol. The zero-order valence-corrected chi connectivity index (χ0v) is 33.7. The number of carbonyl (C=O) groups is 1. The van der Waals surface area contributed by atoms with Crippen molar-refractivity contribution in [3.05, 3.63) is 165 Å². The van der Waals surface area contributed by atoms with Crippen molar-refractivity contribution in [1.29, 1.82) is 0 Å². The summed E-state index contributed by atoms with van der Waals surface area (Å²) in [5.41, 5.74) is 1.95. The smallest absolute Gasteiger partial charge is 0.307 e. The molecule has 1 N–H and O–H groups in total. The van der Waals surface area contributed by atoms with E-state index in [9.17, 15) is 4.79 Å². The van der Waals surface area contributed by atoms with Crippen LogP contribution < -0.4 is 5.32 Å². The van der Waals surface area contributed by atoms with Crippen molar-refractivity contribution in [2.45, 2.75) is 44.2 Å². The molecule has 57 heavy (non-hydrogen) atoms. The van der Waals surface area contributed by atoms with Crippen molar-refractivity contribution in [3.8, 4) is 22.1 Å². The Hall–Kier alpha value is -5.82. The monoisotopic (exact) mass is 813 g/mol. The van der Waals surface area contributed by atoms with Gasteiger partial charge in [-0.1, -0.05) is 123 Å². The predicted molar refractivity (Wildman–Crippen MR) is 225 cm³/mol. The molecular weight excluding hydrogens is 777 g/mol. The molecule has 8 aromatic rings. The van der Waals surface area contributed by atoms with Crippen LogP contribution in [0, 0.1) is 5.82 Å². The number of esters is 1. The van der Waals surface area contributed by atoms with Crippen molar-refractivity contribution in [2.75, 3.05) is 11.9 Å². The van der Waals surface area contributed by atoms with Gasteiger partial charge in [0, 0.05) is 29.2 Å². The van der Waals surface area contributed by atoms with Crippen LogP contribution >= 0.6 is 34.3 Å². The fourth-order valence-electron chi connectivity index (χ4n) is 7.23. The maximum absolute atomic E-state index is 17.0. The Morgan fingerprint density at radius 3 is 2.07 bits per heavy atom. The molecule has 0 aliphatic carbocycles. The fraction of sp³-hybridized carbons (Fsp3) is 0.182. The van der Waals surface area contributed by atoms with Crippen molar-refractivity contribution >= 4 is 57.1 Å². The van der Waals surface area contributed by atoms with E-state index >= 15 is 4.39 Å². The SMILES string of the molecule is CCOC(=O)CC(Nc1nc(-c2nn(C(c3ccccc3)(c3ccccc3)c3ccccc3)c3ncc(Cl)cc23)nc(-c2cccs2)c1F)C(C)(C)c1nccs1. The molecule has 0 saturated carbocycles. The first kappa shape index (κ1) is 38.1. The maximum atomic E-state index is 17.0. The van der Waals surface area contributed by atoms with E-state index in [1.807, 2.05) is 90.0 Å². The van der Waals surface area contributed by atoms with Crippen LogP contribution in [0.2, 0.25) is 5.02 Å². The first-order valence-corrected chi connectivity index (χ1v) is 20.5. The maximum Gasteiger partial charge on any atom is 0.307 e. The Morgan fingerprint density at radius 1 is 0.860 bits per heavy atom. The second kappa shape index (κ2) is 16.0. The summed E-state index contributed by atoms with van der Waals surface area (Å²) >= 11 is 9.51. The number of ether oxygens (including phenoxy) is 1. The second-order valence-electron chi connectivity index (χ2n) is 13.9. The van der Waals surface area contributed by atoms with Crippen LogP contribution in [-0.4, -0.2) is 48.3 Å². The van der Waals surface area contributed by atoms with Crippen molar-refractivity contribution in [1.82, 2.24) is 29.7 Å². The van der Waals surface area contributed by atoms with E-state index < -0.39 is 28.8 Å². The fourth-order valence-corrected chi connectivity index (χ4v) is 8.92. The lowest BCUT2D eigenvalue weighted by molar-refractivity contribution is -0.143. The zero-order chi connectivity index (χ0) is 39.6. The average Bonchev–Trinajstić information content (AvgIpc) is 4.04. The quantitative estimate of drug-likeness (QED) is 0.0906. The van der Waals surface area contributed by atoms with E-state index in [1.165, 1.54) is 22.7 Å². The summed E-state index contributed by atoms with van der Waals surface area (Å²) in [5, 5.41) is 14.1. The third kappa shape index (κ3) is 7.09. The van der Waals surface area contributed by atoms with Gasteiger partial charge in [0.1, 0.15) is 21.9 Å². The summed E-state index contributed by atoms with van der Waals surface area (Å²) in [6, 6.07) is 35.1. The van der Waals surface area contributed by atoms with Gasteiger partial charge in [-0.3, -0.25) is 4.79 Å². The molecule has 0 saturated heterocycles. The van der Waals surface area contributed by atoms with Gasteiger partial charge in [0.2, 0.25) is 0 Å². The molecular formula is C44H37ClFN7O2S2.